The average Bonchev–Trinajstić information content (AvgIpc) is 3.46. The van der Waals surface area contributed by atoms with Gasteiger partial charge in [-0.25, -0.2) is 0 Å². The topological polar surface area (TPSA) is 78.8 Å². The van der Waals surface area contributed by atoms with Crippen LogP contribution in [-0.2, 0) is 29.1 Å². The van der Waals surface area contributed by atoms with Crippen LogP contribution in [0.3, 0.4) is 0 Å². The number of likely N-dealkylation sites (tertiary alicyclic amines) is 1. The number of hydrogen-bond donors (Lipinski definition) is 1. The van der Waals surface area contributed by atoms with Crippen molar-refractivity contribution in [3.8, 4) is 5.75 Å². The number of H-pyrrole nitrogens is 1. The van der Waals surface area contributed by atoms with Gasteiger partial charge in [-0.2, -0.15) is 0 Å². The molecule has 0 aliphatic carbocycles. The van der Waals surface area contributed by atoms with Crippen molar-refractivity contribution in [3.63, 3.8) is 0 Å². The fraction of sp³-hybridized carbons (Fsp3) is 0.364. The first-order chi connectivity index (χ1) is 14.1. The maximum Gasteiger partial charge on any atom is 0.228 e. The van der Waals surface area contributed by atoms with E-state index >= 15 is 0 Å². The van der Waals surface area contributed by atoms with Crippen LogP contribution in [0.4, 0.5) is 0 Å². The highest BCUT2D eigenvalue weighted by molar-refractivity contribution is 5.91. The third-order valence-corrected chi connectivity index (χ3v) is 5.98. The zero-order valence-corrected chi connectivity index (χ0v) is 16.3. The van der Waals surface area contributed by atoms with Crippen LogP contribution in [0.2, 0.25) is 0 Å². The zero-order chi connectivity index (χ0) is 20.0. The van der Waals surface area contributed by atoms with Crippen molar-refractivity contribution < 1.29 is 18.7 Å². The molecule has 3 aromatic rings. The van der Waals surface area contributed by atoms with Gasteiger partial charge < -0.3 is 23.9 Å². The number of furan rings is 1. The third kappa shape index (κ3) is 3.16. The van der Waals surface area contributed by atoms with Gasteiger partial charge >= 0.3 is 0 Å². The Kier molecular flexibility index (Phi) is 4.30. The molecular formula is C22H23N3O4. The zero-order valence-electron chi connectivity index (χ0n) is 16.3. The molecule has 1 saturated heterocycles. The van der Waals surface area contributed by atoms with Gasteiger partial charge in [-0.1, -0.05) is 0 Å². The largest absolute Gasteiger partial charge is 0.497 e. The molecule has 1 N–H and O–H groups in total. The molecule has 1 atom stereocenters. The summed E-state index contributed by atoms with van der Waals surface area (Å²) in [6, 6.07) is 9.62. The van der Waals surface area contributed by atoms with Crippen LogP contribution in [-0.4, -0.2) is 46.8 Å². The predicted molar refractivity (Wildman–Crippen MR) is 106 cm³/mol. The fourth-order valence-electron chi connectivity index (χ4n) is 4.45. The van der Waals surface area contributed by atoms with Crippen LogP contribution >= 0.6 is 0 Å². The van der Waals surface area contributed by atoms with Crippen molar-refractivity contribution in [2.45, 2.75) is 25.9 Å². The number of carbonyl (C=O) groups excluding carboxylic acids is 2. The minimum atomic E-state index is -0.293. The smallest absolute Gasteiger partial charge is 0.228 e. The van der Waals surface area contributed by atoms with Crippen molar-refractivity contribution in [1.29, 1.82) is 0 Å². The van der Waals surface area contributed by atoms with Gasteiger partial charge in [-0.05, 0) is 30.3 Å². The Bertz CT molecular complexity index is 1070. The summed E-state index contributed by atoms with van der Waals surface area (Å²) in [4.78, 5) is 32.6. The lowest BCUT2D eigenvalue weighted by molar-refractivity contribution is -0.136. The number of aromatic nitrogens is 1. The molecule has 1 unspecified atom stereocenters. The molecule has 7 nitrogen and oxygen atoms in total. The molecule has 0 bridgehead atoms. The quantitative estimate of drug-likeness (QED) is 0.739. The van der Waals surface area contributed by atoms with Gasteiger partial charge in [0.1, 0.15) is 11.5 Å². The lowest BCUT2D eigenvalue weighted by atomic mass is 10.0. The van der Waals surface area contributed by atoms with Crippen molar-refractivity contribution in [2.24, 2.45) is 5.92 Å². The Hall–Kier alpha value is -3.22. The first-order valence-corrected chi connectivity index (χ1v) is 9.89. The molecular weight excluding hydrogens is 370 g/mol. The van der Waals surface area contributed by atoms with Crippen LogP contribution in [0, 0.1) is 5.92 Å². The average molecular weight is 393 g/mol. The maximum atomic E-state index is 13.2. The van der Waals surface area contributed by atoms with Crippen LogP contribution in [0.25, 0.3) is 10.9 Å². The first kappa shape index (κ1) is 17.8. The van der Waals surface area contributed by atoms with E-state index in [1.807, 2.05) is 29.2 Å². The Morgan fingerprint density at radius 1 is 1.34 bits per heavy atom. The second-order valence-electron chi connectivity index (χ2n) is 7.76. The van der Waals surface area contributed by atoms with Gasteiger partial charge in [0.15, 0.2) is 0 Å². The molecule has 29 heavy (non-hydrogen) atoms. The number of methoxy groups -OCH3 is 1. The van der Waals surface area contributed by atoms with Gasteiger partial charge in [0.25, 0.3) is 0 Å². The summed E-state index contributed by atoms with van der Waals surface area (Å²) in [5.74, 6) is 1.32. The summed E-state index contributed by atoms with van der Waals surface area (Å²) < 4.78 is 10.7. The monoisotopic (exact) mass is 393 g/mol. The lowest BCUT2D eigenvalue weighted by Crippen LogP contribution is -2.40. The van der Waals surface area contributed by atoms with Gasteiger partial charge in [0, 0.05) is 54.6 Å². The highest BCUT2D eigenvalue weighted by Gasteiger charge is 2.38. The molecule has 150 valence electrons. The number of fused-ring (bicyclic) bond motifs is 3. The first-order valence-electron chi connectivity index (χ1n) is 9.89. The van der Waals surface area contributed by atoms with E-state index in [0.717, 1.165) is 34.4 Å². The summed E-state index contributed by atoms with van der Waals surface area (Å²) >= 11 is 0. The van der Waals surface area contributed by atoms with E-state index in [1.54, 1.807) is 24.3 Å². The standard InChI is InChI=1S/C22H23N3O4/c1-28-15-4-5-19-17(10-15)18-13-24(7-6-20(18)23-19)22(27)14-9-21(26)25(11-14)12-16-3-2-8-29-16/h2-5,8,10,14,23H,6-7,9,11-13H2,1H3. The van der Waals surface area contributed by atoms with Crippen LogP contribution in [0.5, 0.6) is 5.75 Å². The Labute approximate surface area is 168 Å². The second-order valence-corrected chi connectivity index (χ2v) is 7.76. The number of nitrogens with one attached hydrogen (secondary N) is 1. The highest BCUT2D eigenvalue weighted by atomic mass is 16.5. The van der Waals surface area contributed by atoms with Crippen LogP contribution in [0.15, 0.2) is 41.0 Å². The van der Waals surface area contributed by atoms with Gasteiger partial charge in [0.05, 0.1) is 25.8 Å². The summed E-state index contributed by atoms with van der Waals surface area (Å²) in [7, 11) is 1.65. The number of rotatable bonds is 4. The Morgan fingerprint density at radius 3 is 3.03 bits per heavy atom. The van der Waals surface area contributed by atoms with Crippen LogP contribution < -0.4 is 4.74 Å². The normalized spacial score (nSPS) is 19.1. The summed E-state index contributed by atoms with van der Waals surface area (Å²) in [5.41, 5.74) is 3.39. The Morgan fingerprint density at radius 2 is 2.24 bits per heavy atom. The van der Waals surface area contributed by atoms with Crippen molar-refractivity contribution >= 4 is 22.7 Å². The minimum Gasteiger partial charge on any atom is -0.497 e. The van der Waals surface area contributed by atoms with Crippen molar-refractivity contribution in [1.82, 2.24) is 14.8 Å². The summed E-state index contributed by atoms with van der Waals surface area (Å²) in [6.45, 7) is 2.09. The molecule has 0 radical (unpaired) electrons. The molecule has 7 heteroatoms. The second kappa shape index (κ2) is 6.99. The number of aromatic amines is 1. The fourth-order valence-corrected chi connectivity index (χ4v) is 4.45. The number of nitrogens with zero attached hydrogens (tertiary/aromatic N) is 2. The van der Waals surface area contributed by atoms with E-state index in [9.17, 15) is 9.59 Å². The molecule has 5 rings (SSSR count). The Balaban J connectivity index is 1.32. The molecule has 1 fully saturated rings. The van der Waals surface area contributed by atoms with Crippen molar-refractivity contribution in [2.75, 3.05) is 20.2 Å². The molecule has 1 aromatic carbocycles. The summed E-state index contributed by atoms with van der Waals surface area (Å²) in [5, 5.41) is 1.10. The number of ether oxygens (including phenoxy) is 1. The van der Waals surface area contributed by atoms with Crippen LogP contribution in [0.1, 0.15) is 23.4 Å². The lowest BCUT2D eigenvalue weighted by Gasteiger charge is -2.29. The molecule has 2 aliphatic heterocycles. The molecule has 2 amide bonds. The number of hydrogen-bond acceptors (Lipinski definition) is 4. The molecule has 2 aromatic heterocycles. The molecule has 0 saturated carbocycles. The van der Waals surface area contributed by atoms with E-state index in [-0.39, 0.29) is 24.2 Å². The van der Waals surface area contributed by atoms with Gasteiger partial charge in [-0.15, -0.1) is 0 Å². The molecule has 4 heterocycles. The van der Waals surface area contributed by atoms with Gasteiger partial charge in [0.2, 0.25) is 11.8 Å². The predicted octanol–water partition coefficient (Wildman–Crippen LogP) is 2.70. The van der Waals surface area contributed by atoms with Crippen molar-refractivity contribution in [3.05, 3.63) is 53.6 Å². The van der Waals surface area contributed by atoms with E-state index < -0.39 is 0 Å². The highest BCUT2D eigenvalue weighted by Crippen LogP contribution is 2.32. The molecule has 0 spiro atoms. The van der Waals surface area contributed by atoms with Gasteiger partial charge in [-0.3, -0.25) is 9.59 Å². The summed E-state index contributed by atoms with van der Waals surface area (Å²) in [6.07, 6.45) is 2.65. The minimum absolute atomic E-state index is 0.00859. The number of benzene rings is 1. The van der Waals surface area contributed by atoms with E-state index in [4.69, 9.17) is 9.15 Å². The van der Waals surface area contributed by atoms with E-state index in [1.165, 1.54) is 5.69 Å². The molecule has 2 aliphatic rings. The third-order valence-electron chi connectivity index (χ3n) is 5.98. The number of carbonyl (C=O) groups is 2. The van der Waals surface area contributed by atoms with E-state index in [2.05, 4.69) is 4.98 Å². The number of amides is 2. The maximum absolute atomic E-state index is 13.2. The van der Waals surface area contributed by atoms with E-state index in [0.29, 0.717) is 26.2 Å². The SMILES string of the molecule is COc1ccc2[nH]c3c(c2c1)CN(C(=O)C1CC(=O)N(Cc2ccco2)C1)CC3.